The fraction of sp³-hybridized carbons (Fsp3) is 0.562. The molecule has 9 nitrogen and oxygen atoms in total. The predicted molar refractivity (Wildman–Crippen MR) is 83.8 cm³/mol. The van der Waals surface area contributed by atoms with Crippen LogP contribution in [0.3, 0.4) is 0 Å². The molecule has 2 rings (SSSR count). The molecule has 1 saturated heterocycles. The Balaban J connectivity index is 2.36. The lowest BCUT2D eigenvalue weighted by molar-refractivity contribution is -0.277. The maximum Gasteiger partial charge on any atom is 0.229 e. The Labute approximate surface area is 144 Å². The highest BCUT2D eigenvalue weighted by atomic mass is 16.7. The Morgan fingerprint density at radius 1 is 1.20 bits per heavy atom. The van der Waals surface area contributed by atoms with Gasteiger partial charge in [-0.05, 0) is 13.8 Å². The number of hydrogen-bond acceptors (Lipinski definition) is 9. The van der Waals surface area contributed by atoms with Crippen LogP contribution in [0.15, 0.2) is 6.07 Å². The molecular weight excluding hydrogens is 336 g/mol. The Kier molecular flexibility index (Phi) is 5.86. The summed E-state index contributed by atoms with van der Waals surface area (Å²) in [6, 6.07) is 1.34. The van der Waals surface area contributed by atoms with Crippen molar-refractivity contribution in [2.45, 2.75) is 44.6 Å². The number of hydrogen-bond donors (Lipinski definition) is 5. The summed E-state index contributed by atoms with van der Waals surface area (Å²) in [4.78, 5) is 11.7. The number of aliphatic hydroxyl groups excluding tert-OH is 4. The smallest absolute Gasteiger partial charge is 0.229 e. The van der Waals surface area contributed by atoms with E-state index in [4.69, 9.17) is 14.2 Å². The Bertz CT molecular complexity index is 643. The number of carbonyl (C=O) groups is 1. The van der Waals surface area contributed by atoms with Gasteiger partial charge in [-0.25, -0.2) is 0 Å². The Morgan fingerprint density at radius 2 is 1.84 bits per heavy atom. The van der Waals surface area contributed by atoms with Gasteiger partial charge in [-0.1, -0.05) is 0 Å². The van der Waals surface area contributed by atoms with E-state index in [1.807, 2.05) is 0 Å². The third-order valence-electron chi connectivity index (χ3n) is 4.13. The summed E-state index contributed by atoms with van der Waals surface area (Å²) in [5.41, 5.74) is 0.184. The third kappa shape index (κ3) is 3.55. The van der Waals surface area contributed by atoms with Gasteiger partial charge in [0.2, 0.25) is 6.29 Å². The van der Waals surface area contributed by atoms with Gasteiger partial charge in [0.15, 0.2) is 5.78 Å². The molecule has 0 aliphatic carbocycles. The van der Waals surface area contributed by atoms with E-state index in [0.717, 1.165) is 0 Å². The van der Waals surface area contributed by atoms with Crippen molar-refractivity contribution in [2.24, 2.45) is 0 Å². The van der Waals surface area contributed by atoms with E-state index in [2.05, 4.69) is 0 Å². The zero-order chi connectivity index (χ0) is 18.9. The first kappa shape index (κ1) is 19.4. The average molecular weight is 358 g/mol. The normalized spacial score (nSPS) is 29.3. The zero-order valence-electron chi connectivity index (χ0n) is 14.0. The number of ether oxygens (including phenoxy) is 3. The number of aliphatic hydroxyl groups is 4. The van der Waals surface area contributed by atoms with Crippen LogP contribution in [0.2, 0.25) is 0 Å². The minimum Gasteiger partial charge on any atom is -0.507 e. The second kappa shape index (κ2) is 7.54. The summed E-state index contributed by atoms with van der Waals surface area (Å²) in [5, 5.41) is 49.0. The number of phenols is 1. The summed E-state index contributed by atoms with van der Waals surface area (Å²) in [6.45, 7) is 2.16. The number of carbonyl (C=O) groups excluding carboxylic acids is 1. The first-order valence-corrected chi connectivity index (χ1v) is 7.61. The maximum absolute atomic E-state index is 11.7. The van der Waals surface area contributed by atoms with Crippen LogP contribution < -0.4 is 9.47 Å². The molecule has 140 valence electrons. The van der Waals surface area contributed by atoms with Crippen molar-refractivity contribution in [1.29, 1.82) is 0 Å². The minimum absolute atomic E-state index is 0.0128. The maximum atomic E-state index is 11.7. The molecule has 0 radical (unpaired) electrons. The van der Waals surface area contributed by atoms with Crippen molar-refractivity contribution in [3.8, 4) is 17.2 Å². The van der Waals surface area contributed by atoms with Crippen LogP contribution in [0.25, 0.3) is 0 Å². The molecule has 1 aromatic carbocycles. The summed E-state index contributed by atoms with van der Waals surface area (Å²) < 4.78 is 15.8. The lowest BCUT2D eigenvalue weighted by Gasteiger charge is -2.39. The summed E-state index contributed by atoms with van der Waals surface area (Å²) in [7, 11) is 1.31. The molecule has 5 N–H and O–H groups in total. The molecule has 0 bridgehead atoms. The van der Waals surface area contributed by atoms with Crippen LogP contribution in [0.5, 0.6) is 17.2 Å². The van der Waals surface area contributed by atoms with Gasteiger partial charge in [-0.15, -0.1) is 0 Å². The molecule has 0 amide bonds. The summed E-state index contributed by atoms with van der Waals surface area (Å²) in [5.74, 6) is -0.637. The van der Waals surface area contributed by atoms with Gasteiger partial charge >= 0.3 is 0 Å². The quantitative estimate of drug-likeness (QED) is 0.422. The van der Waals surface area contributed by atoms with Crippen LogP contribution in [0, 0.1) is 6.92 Å². The van der Waals surface area contributed by atoms with Gasteiger partial charge in [0.1, 0.15) is 47.2 Å². The van der Waals surface area contributed by atoms with Crippen LogP contribution in [-0.4, -0.2) is 75.7 Å². The van der Waals surface area contributed by atoms with Gasteiger partial charge in [0.25, 0.3) is 0 Å². The standard InChI is InChI=1S/C16H22O9/c1-6-8(4-9(23-3)11(7(2)18)12(6)19)24-16-15(22)14(21)13(20)10(5-17)25-16/h4,10,13-17,19-22H,5H2,1-3H3/t10-,13-,14+,15-,16+/m1/s1. The molecule has 1 fully saturated rings. The van der Waals surface area contributed by atoms with Crippen molar-refractivity contribution < 1.29 is 44.5 Å². The van der Waals surface area contributed by atoms with E-state index in [-0.39, 0.29) is 28.4 Å². The van der Waals surface area contributed by atoms with E-state index in [0.29, 0.717) is 0 Å². The van der Waals surface area contributed by atoms with Gasteiger partial charge in [-0.3, -0.25) is 4.79 Å². The number of methoxy groups -OCH3 is 1. The number of Topliss-reactive ketones (excluding diaryl/α,β-unsaturated/α-hetero) is 1. The summed E-state index contributed by atoms with van der Waals surface area (Å²) in [6.07, 6.45) is -7.25. The van der Waals surface area contributed by atoms with E-state index in [1.54, 1.807) is 0 Å². The molecular formula is C16H22O9. The van der Waals surface area contributed by atoms with Gasteiger partial charge in [0, 0.05) is 11.6 Å². The lowest BCUT2D eigenvalue weighted by Crippen LogP contribution is -2.60. The highest BCUT2D eigenvalue weighted by Crippen LogP contribution is 2.39. The van der Waals surface area contributed by atoms with Crippen LogP contribution in [0.1, 0.15) is 22.8 Å². The Hall–Kier alpha value is -1.91. The number of rotatable bonds is 5. The molecule has 1 heterocycles. The molecule has 5 atom stereocenters. The second-order valence-corrected chi connectivity index (χ2v) is 5.80. The second-order valence-electron chi connectivity index (χ2n) is 5.80. The monoisotopic (exact) mass is 358 g/mol. The van der Waals surface area contributed by atoms with E-state index >= 15 is 0 Å². The number of ketones is 1. The molecule has 1 aromatic rings. The van der Waals surface area contributed by atoms with Crippen molar-refractivity contribution in [2.75, 3.05) is 13.7 Å². The van der Waals surface area contributed by atoms with Crippen LogP contribution >= 0.6 is 0 Å². The highest BCUT2D eigenvalue weighted by Gasteiger charge is 2.45. The van der Waals surface area contributed by atoms with Gasteiger partial charge < -0.3 is 39.7 Å². The molecule has 25 heavy (non-hydrogen) atoms. The van der Waals surface area contributed by atoms with Crippen LogP contribution in [-0.2, 0) is 4.74 Å². The van der Waals surface area contributed by atoms with Gasteiger partial charge in [0.05, 0.1) is 13.7 Å². The fourth-order valence-electron chi connectivity index (χ4n) is 2.63. The molecule has 9 heteroatoms. The zero-order valence-corrected chi connectivity index (χ0v) is 14.0. The van der Waals surface area contributed by atoms with E-state index in [9.17, 15) is 30.3 Å². The topological polar surface area (TPSA) is 146 Å². The third-order valence-corrected chi connectivity index (χ3v) is 4.13. The first-order valence-electron chi connectivity index (χ1n) is 7.61. The van der Waals surface area contributed by atoms with Crippen molar-refractivity contribution in [3.63, 3.8) is 0 Å². The van der Waals surface area contributed by atoms with E-state index < -0.39 is 43.1 Å². The number of phenolic OH excluding ortho intramolecular Hbond substituents is 1. The minimum atomic E-state index is -1.60. The van der Waals surface area contributed by atoms with Crippen molar-refractivity contribution in [1.82, 2.24) is 0 Å². The molecule has 1 aliphatic heterocycles. The molecule has 0 spiro atoms. The predicted octanol–water partition coefficient (Wildman–Crippen LogP) is -0.909. The Morgan fingerprint density at radius 3 is 2.36 bits per heavy atom. The number of benzene rings is 1. The van der Waals surface area contributed by atoms with Crippen LogP contribution in [0.4, 0.5) is 0 Å². The summed E-state index contributed by atoms with van der Waals surface area (Å²) >= 11 is 0. The fourth-order valence-corrected chi connectivity index (χ4v) is 2.63. The van der Waals surface area contributed by atoms with Crippen molar-refractivity contribution in [3.05, 3.63) is 17.2 Å². The number of aromatic hydroxyl groups is 1. The lowest BCUT2D eigenvalue weighted by atomic mass is 9.99. The average Bonchev–Trinajstić information content (AvgIpc) is 2.58. The highest BCUT2D eigenvalue weighted by molar-refractivity contribution is 6.00. The SMILES string of the molecule is COc1cc(O[C@H]2O[C@H](CO)[C@@H](O)[C@H](O)[C@H]2O)c(C)c(O)c1C(C)=O. The van der Waals surface area contributed by atoms with Gasteiger partial charge in [-0.2, -0.15) is 0 Å². The largest absolute Gasteiger partial charge is 0.507 e. The molecule has 0 unspecified atom stereocenters. The molecule has 0 aromatic heterocycles. The molecule has 1 aliphatic rings. The molecule has 0 saturated carbocycles. The first-order chi connectivity index (χ1) is 11.7. The van der Waals surface area contributed by atoms with Crippen molar-refractivity contribution >= 4 is 5.78 Å². The van der Waals surface area contributed by atoms with E-state index in [1.165, 1.54) is 27.0 Å².